The predicted octanol–water partition coefficient (Wildman–Crippen LogP) is 6.77. The highest BCUT2D eigenvalue weighted by Crippen LogP contribution is 2.48. The van der Waals surface area contributed by atoms with E-state index in [9.17, 15) is 4.57 Å². The van der Waals surface area contributed by atoms with Crippen molar-refractivity contribution in [2.75, 3.05) is 33.0 Å². The van der Waals surface area contributed by atoms with Gasteiger partial charge in [-0.1, -0.05) is 47.5 Å². The first-order chi connectivity index (χ1) is 14.3. The molecule has 2 aromatic rings. The van der Waals surface area contributed by atoms with Gasteiger partial charge in [-0.25, -0.2) is 0 Å². The lowest BCUT2D eigenvalue weighted by molar-refractivity contribution is 0.220. The molecule has 0 aromatic heterocycles. The van der Waals surface area contributed by atoms with E-state index in [1.165, 1.54) is 16.7 Å². The number of likely N-dealkylation sites (N-methyl/N-ethyl adjacent to an activating group) is 1. The highest BCUT2D eigenvalue weighted by molar-refractivity contribution is 7.53. The lowest BCUT2D eigenvalue weighted by atomic mass is 9.84. The van der Waals surface area contributed by atoms with E-state index in [1.807, 2.05) is 26.0 Å². The van der Waals surface area contributed by atoms with E-state index in [4.69, 9.17) is 32.2 Å². The van der Waals surface area contributed by atoms with E-state index in [2.05, 4.69) is 36.2 Å². The van der Waals surface area contributed by atoms with E-state index in [1.54, 1.807) is 0 Å². The third-order valence-electron chi connectivity index (χ3n) is 5.39. The first-order valence-corrected chi connectivity index (χ1v) is 13.0. The maximum Gasteiger partial charge on any atom is 0.330 e. The molecule has 1 atom stereocenters. The van der Waals surface area contributed by atoms with Crippen LogP contribution in [0.15, 0.2) is 36.4 Å². The van der Waals surface area contributed by atoms with E-state index < -0.39 is 7.60 Å². The molecule has 4 nitrogen and oxygen atoms in total. The Balaban J connectivity index is 1.77. The lowest BCUT2D eigenvalue weighted by Crippen LogP contribution is -2.31. The van der Waals surface area contributed by atoms with E-state index in [0.29, 0.717) is 24.4 Å². The van der Waals surface area contributed by atoms with Gasteiger partial charge in [0.15, 0.2) is 0 Å². The lowest BCUT2D eigenvalue weighted by Gasteiger charge is -2.33. The molecule has 0 saturated carbocycles. The molecule has 1 unspecified atom stereocenters. The van der Waals surface area contributed by atoms with Crippen LogP contribution in [0.4, 0.5) is 0 Å². The smallest absolute Gasteiger partial charge is 0.309 e. The molecule has 164 valence electrons. The van der Waals surface area contributed by atoms with Crippen molar-refractivity contribution < 1.29 is 13.6 Å². The average molecular weight is 470 g/mol. The molecule has 0 radical (unpaired) electrons. The third-order valence-corrected chi connectivity index (χ3v) is 8.12. The summed E-state index contributed by atoms with van der Waals surface area (Å²) in [5.74, 6) is 0.216. The van der Waals surface area contributed by atoms with Gasteiger partial charge in [0, 0.05) is 29.1 Å². The van der Waals surface area contributed by atoms with Crippen LogP contribution in [0.3, 0.4) is 0 Å². The highest BCUT2D eigenvalue weighted by atomic mass is 35.5. The zero-order valence-corrected chi connectivity index (χ0v) is 20.3. The summed E-state index contributed by atoms with van der Waals surface area (Å²) < 4.78 is 23.5. The van der Waals surface area contributed by atoms with Gasteiger partial charge in [0.05, 0.1) is 19.4 Å². The van der Waals surface area contributed by atoms with Crippen LogP contribution in [0, 0.1) is 0 Å². The average Bonchev–Trinajstić information content (AvgIpc) is 2.69. The second-order valence-electron chi connectivity index (χ2n) is 7.72. The molecular formula is C23H30Cl2NO3P. The van der Waals surface area contributed by atoms with Crippen molar-refractivity contribution in [1.82, 2.24) is 4.90 Å². The fourth-order valence-corrected chi connectivity index (χ4v) is 6.37. The van der Waals surface area contributed by atoms with Crippen LogP contribution in [0.25, 0.3) is 0 Å². The number of benzene rings is 2. The first-order valence-electron chi connectivity index (χ1n) is 10.5. The number of aryl methyl sites for hydroxylation is 1. The van der Waals surface area contributed by atoms with Crippen LogP contribution >= 0.6 is 30.8 Å². The van der Waals surface area contributed by atoms with Crippen LogP contribution in [0.1, 0.15) is 48.4 Å². The van der Waals surface area contributed by atoms with Crippen molar-refractivity contribution >= 4 is 30.8 Å². The number of hydrogen-bond acceptors (Lipinski definition) is 4. The fraction of sp³-hybridized carbons (Fsp3) is 0.478. The summed E-state index contributed by atoms with van der Waals surface area (Å²) in [4.78, 5) is 2.29. The Hall–Kier alpha value is -0.870. The number of rotatable bonds is 9. The zero-order valence-electron chi connectivity index (χ0n) is 17.9. The first kappa shape index (κ1) is 23.8. The van der Waals surface area contributed by atoms with Crippen LogP contribution in [-0.4, -0.2) is 37.9 Å². The molecule has 1 heterocycles. The largest absolute Gasteiger partial charge is 0.330 e. The molecule has 3 rings (SSSR count). The Kier molecular flexibility index (Phi) is 8.43. The normalized spacial score (nSPS) is 17.2. The minimum absolute atomic E-state index is 0.216. The molecule has 0 aliphatic carbocycles. The maximum atomic E-state index is 12.7. The van der Waals surface area contributed by atoms with Crippen molar-refractivity contribution in [3.05, 3.63) is 68.7 Å². The summed E-state index contributed by atoms with van der Waals surface area (Å²) in [6.45, 7) is 6.21. The van der Waals surface area contributed by atoms with Crippen molar-refractivity contribution in [2.45, 2.75) is 39.2 Å². The summed E-state index contributed by atoms with van der Waals surface area (Å²) in [6, 6.07) is 12.5. The number of halogens is 2. The van der Waals surface area contributed by atoms with E-state index in [0.717, 1.165) is 36.5 Å². The molecular weight excluding hydrogens is 440 g/mol. The molecule has 2 aromatic carbocycles. The van der Waals surface area contributed by atoms with E-state index in [-0.39, 0.29) is 5.92 Å². The van der Waals surface area contributed by atoms with Crippen LogP contribution in [-0.2, 0) is 26.6 Å². The summed E-state index contributed by atoms with van der Waals surface area (Å²) in [6.07, 6.45) is 2.00. The van der Waals surface area contributed by atoms with Crippen molar-refractivity contribution in [1.29, 1.82) is 0 Å². The summed E-state index contributed by atoms with van der Waals surface area (Å²) in [7, 11) is -0.879. The Morgan fingerprint density at radius 1 is 1.13 bits per heavy atom. The van der Waals surface area contributed by atoms with Crippen LogP contribution in [0.2, 0.25) is 10.0 Å². The van der Waals surface area contributed by atoms with Crippen LogP contribution < -0.4 is 0 Å². The Morgan fingerprint density at radius 2 is 1.87 bits per heavy atom. The monoisotopic (exact) mass is 469 g/mol. The number of hydrogen-bond donors (Lipinski definition) is 0. The van der Waals surface area contributed by atoms with E-state index >= 15 is 0 Å². The maximum absolute atomic E-state index is 12.7. The van der Waals surface area contributed by atoms with Crippen LogP contribution in [0.5, 0.6) is 0 Å². The molecule has 7 heteroatoms. The Labute approximate surface area is 190 Å². The second kappa shape index (κ2) is 10.6. The van der Waals surface area contributed by atoms with Gasteiger partial charge in [0.25, 0.3) is 0 Å². The molecule has 0 bridgehead atoms. The minimum atomic E-state index is -2.99. The topological polar surface area (TPSA) is 38.8 Å². The summed E-state index contributed by atoms with van der Waals surface area (Å²) in [5.41, 5.74) is 4.82. The molecule has 0 fully saturated rings. The van der Waals surface area contributed by atoms with Crippen molar-refractivity contribution in [3.8, 4) is 0 Å². The Morgan fingerprint density at radius 3 is 2.57 bits per heavy atom. The number of fused-ring (bicyclic) bond motifs is 1. The zero-order chi connectivity index (χ0) is 21.7. The van der Waals surface area contributed by atoms with Crippen molar-refractivity contribution in [3.63, 3.8) is 0 Å². The quantitative estimate of drug-likeness (QED) is 0.379. The van der Waals surface area contributed by atoms with Gasteiger partial charge in [-0.3, -0.25) is 4.57 Å². The molecule has 0 N–H and O–H groups in total. The second-order valence-corrected chi connectivity index (χ2v) is 10.8. The SMILES string of the molecule is CCOP(=O)(CCCc1cccc(C2CN(C)Cc3c(Cl)cc(Cl)cc32)c1)OCC. The van der Waals surface area contributed by atoms with Gasteiger partial charge in [-0.2, -0.15) is 0 Å². The highest BCUT2D eigenvalue weighted by Gasteiger charge is 2.27. The summed E-state index contributed by atoms with van der Waals surface area (Å²) >= 11 is 12.8. The minimum Gasteiger partial charge on any atom is -0.309 e. The fourth-order valence-electron chi connectivity index (χ4n) is 4.13. The summed E-state index contributed by atoms with van der Waals surface area (Å²) in [5, 5.41) is 1.40. The molecule has 1 aliphatic heterocycles. The van der Waals surface area contributed by atoms with Gasteiger partial charge < -0.3 is 13.9 Å². The van der Waals surface area contributed by atoms with Gasteiger partial charge in [-0.05, 0) is 68.1 Å². The molecule has 1 aliphatic rings. The molecule has 0 saturated heterocycles. The standard InChI is InChI=1S/C23H30Cl2NO3P/c1-4-28-30(27,29-5-2)11-7-9-17-8-6-10-18(12-17)21-15-26(3)16-22-20(21)13-19(24)14-23(22)25/h6,8,10,12-14,21H,4-5,7,9,11,15-16H2,1-3H3. The van der Waals surface area contributed by atoms with Crippen molar-refractivity contribution in [2.24, 2.45) is 0 Å². The van der Waals surface area contributed by atoms with Gasteiger partial charge in [0.1, 0.15) is 0 Å². The Bertz CT molecular complexity index is 911. The van der Waals surface area contributed by atoms with Gasteiger partial charge >= 0.3 is 7.60 Å². The molecule has 30 heavy (non-hydrogen) atoms. The predicted molar refractivity (Wildman–Crippen MR) is 125 cm³/mol. The molecule has 0 spiro atoms. The van der Waals surface area contributed by atoms with Gasteiger partial charge in [-0.15, -0.1) is 0 Å². The third kappa shape index (κ3) is 5.88. The molecule has 0 amide bonds. The number of nitrogens with zero attached hydrogens (tertiary/aromatic N) is 1. The van der Waals surface area contributed by atoms with Gasteiger partial charge in [0.2, 0.25) is 0 Å².